The maximum Gasteiger partial charge on any atom is 0.241 e. The second-order valence-electron chi connectivity index (χ2n) is 6.68. The number of carbonyl (C=O) groups excluding carboxylic acids is 2. The molecule has 0 fully saturated rings. The molecule has 136 valence electrons. The minimum absolute atomic E-state index is 0.0129. The van der Waals surface area contributed by atoms with Crippen LogP contribution in [0.15, 0.2) is 53.0 Å². The summed E-state index contributed by atoms with van der Waals surface area (Å²) in [7, 11) is 1.93. The van der Waals surface area contributed by atoms with Crippen LogP contribution >= 0.6 is 15.9 Å². The Labute approximate surface area is 162 Å². The summed E-state index contributed by atoms with van der Waals surface area (Å²) in [4.78, 5) is 28.8. The van der Waals surface area contributed by atoms with Gasteiger partial charge < -0.3 is 10.2 Å². The number of benzene rings is 2. The van der Waals surface area contributed by atoms with Gasteiger partial charge in [0.25, 0.3) is 0 Å². The highest BCUT2D eigenvalue weighted by Gasteiger charge is 2.29. The number of fused-ring (bicyclic) bond motifs is 1. The van der Waals surface area contributed by atoms with Crippen LogP contribution in [0.4, 0.5) is 11.4 Å². The van der Waals surface area contributed by atoms with E-state index in [1.165, 1.54) is 0 Å². The highest BCUT2D eigenvalue weighted by Crippen LogP contribution is 2.31. The van der Waals surface area contributed by atoms with E-state index < -0.39 is 0 Å². The second kappa shape index (κ2) is 8.01. The quantitative estimate of drug-likeness (QED) is 0.828. The van der Waals surface area contributed by atoms with Crippen LogP contribution in [0.5, 0.6) is 0 Å². The summed E-state index contributed by atoms with van der Waals surface area (Å²) in [6.45, 7) is 2.87. The molecule has 0 bridgehead atoms. The van der Waals surface area contributed by atoms with E-state index in [1.54, 1.807) is 4.90 Å². The van der Waals surface area contributed by atoms with Crippen molar-refractivity contribution in [2.24, 2.45) is 0 Å². The van der Waals surface area contributed by atoms with Gasteiger partial charge in [0.05, 0.1) is 17.9 Å². The highest BCUT2D eigenvalue weighted by molar-refractivity contribution is 9.10. The van der Waals surface area contributed by atoms with Crippen LogP contribution in [0.1, 0.15) is 18.9 Å². The summed E-state index contributed by atoms with van der Waals surface area (Å²) in [5.74, 6) is -0.0791. The molecule has 1 N–H and O–H groups in total. The second-order valence-corrected chi connectivity index (χ2v) is 7.60. The highest BCUT2D eigenvalue weighted by atomic mass is 79.9. The number of para-hydroxylation sites is 2. The van der Waals surface area contributed by atoms with E-state index in [-0.39, 0.29) is 30.8 Å². The zero-order valence-corrected chi connectivity index (χ0v) is 16.5. The van der Waals surface area contributed by atoms with Gasteiger partial charge in [-0.1, -0.05) is 40.2 Å². The van der Waals surface area contributed by atoms with Gasteiger partial charge in [-0.05, 0) is 43.8 Å². The molecule has 1 unspecified atom stereocenters. The molecule has 1 aliphatic heterocycles. The summed E-state index contributed by atoms with van der Waals surface area (Å²) >= 11 is 3.43. The number of amides is 2. The Balaban J connectivity index is 1.75. The average Bonchev–Trinajstić information content (AvgIpc) is 2.71. The predicted molar refractivity (Wildman–Crippen MR) is 107 cm³/mol. The van der Waals surface area contributed by atoms with Gasteiger partial charge in [-0.2, -0.15) is 0 Å². The van der Waals surface area contributed by atoms with E-state index in [1.807, 2.05) is 67.4 Å². The summed E-state index contributed by atoms with van der Waals surface area (Å²) < 4.78 is 1.03. The first-order valence-corrected chi connectivity index (χ1v) is 9.37. The van der Waals surface area contributed by atoms with Gasteiger partial charge in [-0.3, -0.25) is 14.5 Å². The van der Waals surface area contributed by atoms with Crippen molar-refractivity contribution in [2.75, 3.05) is 23.8 Å². The Morgan fingerprint density at radius 1 is 1.23 bits per heavy atom. The van der Waals surface area contributed by atoms with Crippen molar-refractivity contribution in [3.8, 4) is 0 Å². The third-order valence-corrected chi connectivity index (χ3v) is 4.93. The molecule has 26 heavy (non-hydrogen) atoms. The van der Waals surface area contributed by atoms with E-state index in [9.17, 15) is 9.59 Å². The lowest BCUT2D eigenvalue weighted by atomic mass is 10.1. The first kappa shape index (κ1) is 18.6. The van der Waals surface area contributed by atoms with Crippen LogP contribution in [0, 0.1) is 0 Å². The number of nitrogens with one attached hydrogen (secondary N) is 1. The smallest absolute Gasteiger partial charge is 0.241 e. The first-order chi connectivity index (χ1) is 12.4. The Morgan fingerprint density at radius 2 is 1.92 bits per heavy atom. The Hall–Kier alpha value is -2.18. The summed E-state index contributed by atoms with van der Waals surface area (Å²) in [5, 5.41) is 2.89. The maximum atomic E-state index is 13.0. The van der Waals surface area contributed by atoms with Gasteiger partial charge >= 0.3 is 0 Å². The van der Waals surface area contributed by atoms with Crippen molar-refractivity contribution in [1.82, 2.24) is 4.90 Å². The number of carbonyl (C=O) groups is 2. The molecule has 1 heterocycles. The number of hydrogen-bond acceptors (Lipinski definition) is 3. The van der Waals surface area contributed by atoms with E-state index in [4.69, 9.17) is 0 Å². The van der Waals surface area contributed by atoms with E-state index >= 15 is 0 Å². The molecular weight excluding hydrogens is 394 g/mol. The number of hydrogen-bond donors (Lipinski definition) is 1. The van der Waals surface area contributed by atoms with Crippen molar-refractivity contribution in [3.05, 3.63) is 58.6 Å². The Kier molecular flexibility index (Phi) is 5.74. The largest absolute Gasteiger partial charge is 0.324 e. The summed E-state index contributed by atoms with van der Waals surface area (Å²) in [6, 6.07) is 15.3. The Bertz CT molecular complexity index is 807. The number of halogens is 1. The fourth-order valence-electron chi connectivity index (χ4n) is 3.23. The van der Waals surface area contributed by atoms with E-state index in [2.05, 4.69) is 21.2 Å². The minimum atomic E-state index is -0.188. The molecule has 0 aliphatic carbocycles. The van der Waals surface area contributed by atoms with Crippen molar-refractivity contribution >= 4 is 39.1 Å². The summed E-state index contributed by atoms with van der Waals surface area (Å²) in [6.07, 6.45) is 0.289. The van der Waals surface area contributed by atoms with Crippen molar-refractivity contribution in [3.63, 3.8) is 0 Å². The molecule has 2 aromatic carbocycles. The summed E-state index contributed by atoms with van der Waals surface area (Å²) in [5.41, 5.74) is 2.59. The van der Waals surface area contributed by atoms with E-state index in [0.29, 0.717) is 12.2 Å². The average molecular weight is 416 g/mol. The first-order valence-electron chi connectivity index (χ1n) is 8.58. The van der Waals surface area contributed by atoms with Gasteiger partial charge in [-0.25, -0.2) is 0 Å². The molecule has 0 spiro atoms. The third kappa shape index (κ3) is 4.31. The molecule has 6 heteroatoms. The zero-order chi connectivity index (χ0) is 18.7. The molecule has 0 aromatic heterocycles. The SMILES string of the molecule is CC1CC(=O)Nc2ccccc2N1C(=O)CN(C)Cc1ccc(Br)cc1. The normalized spacial score (nSPS) is 16.8. The molecular formula is C20H22BrN3O2. The van der Waals surface area contributed by atoms with Crippen molar-refractivity contribution in [2.45, 2.75) is 25.9 Å². The fourth-order valence-corrected chi connectivity index (χ4v) is 3.50. The maximum absolute atomic E-state index is 13.0. The van der Waals surface area contributed by atoms with Crippen LogP contribution in [0.3, 0.4) is 0 Å². The Morgan fingerprint density at radius 3 is 2.65 bits per heavy atom. The van der Waals surface area contributed by atoms with Crippen molar-refractivity contribution in [1.29, 1.82) is 0 Å². The molecule has 1 atom stereocenters. The van der Waals surface area contributed by atoms with Gasteiger partial charge in [0.2, 0.25) is 11.8 Å². The van der Waals surface area contributed by atoms with E-state index in [0.717, 1.165) is 15.7 Å². The topological polar surface area (TPSA) is 52.7 Å². The van der Waals surface area contributed by atoms with Gasteiger partial charge in [-0.15, -0.1) is 0 Å². The standard InChI is InChI=1S/C20H22BrN3O2/c1-14-11-19(25)22-17-5-3-4-6-18(17)24(14)20(26)13-23(2)12-15-7-9-16(21)10-8-15/h3-10,14H,11-13H2,1-2H3,(H,22,25). The molecule has 5 nitrogen and oxygen atoms in total. The number of rotatable bonds is 4. The van der Waals surface area contributed by atoms with Gasteiger partial charge in [0.1, 0.15) is 0 Å². The molecule has 0 radical (unpaired) electrons. The molecule has 1 aliphatic rings. The zero-order valence-electron chi connectivity index (χ0n) is 14.9. The van der Waals surface area contributed by atoms with Gasteiger partial charge in [0.15, 0.2) is 0 Å². The van der Waals surface area contributed by atoms with Gasteiger partial charge in [0, 0.05) is 23.5 Å². The number of likely N-dealkylation sites (N-methyl/N-ethyl adjacent to an activating group) is 1. The monoisotopic (exact) mass is 415 g/mol. The third-order valence-electron chi connectivity index (χ3n) is 4.40. The minimum Gasteiger partial charge on any atom is -0.324 e. The molecule has 0 saturated heterocycles. The molecule has 3 rings (SSSR count). The van der Waals surface area contributed by atoms with Crippen LogP contribution < -0.4 is 10.2 Å². The van der Waals surface area contributed by atoms with Crippen LogP contribution in [-0.4, -0.2) is 36.3 Å². The van der Waals surface area contributed by atoms with Crippen LogP contribution in [0.25, 0.3) is 0 Å². The molecule has 0 saturated carbocycles. The lowest BCUT2D eigenvalue weighted by molar-refractivity contribution is -0.120. The number of nitrogens with zero attached hydrogens (tertiary/aromatic N) is 2. The number of anilines is 2. The lowest BCUT2D eigenvalue weighted by Crippen LogP contribution is -2.44. The lowest BCUT2D eigenvalue weighted by Gasteiger charge is -2.29. The molecule has 2 amide bonds. The van der Waals surface area contributed by atoms with Crippen molar-refractivity contribution < 1.29 is 9.59 Å². The fraction of sp³-hybridized carbons (Fsp3) is 0.300. The molecule has 2 aromatic rings. The van der Waals surface area contributed by atoms with Crippen LogP contribution in [-0.2, 0) is 16.1 Å². The van der Waals surface area contributed by atoms with Crippen LogP contribution in [0.2, 0.25) is 0 Å². The predicted octanol–water partition coefficient (Wildman–Crippen LogP) is 3.64.